The Hall–Kier alpha value is -4.40. The first-order chi connectivity index (χ1) is 17.2. The maximum Gasteiger partial charge on any atom is 0.410 e. The van der Waals surface area contributed by atoms with Gasteiger partial charge in [0, 0.05) is 36.2 Å². The van der Waals surface area contributed by atoms with Crippen molar-refractivity contribution in [3.8, 4) is 22.7 Å². The molecular weight excluding hydrogens is 458 g/mol. The Morgan fingerprint density at radius 2 is 1.69 bits per heavy atom. The summed E-state index contributed by atoms with van der Waals surface area (Å²) in [6.07, 6.45) is 1.44. The number of amides is 2. The Morgan fingerprint density at radius 1 is 0.972 bits per heavy atom. The van der Waals surface area contributed by atoms with Gasteiger partial charge in [-0.1, -0.05) is 12.1 Å². The van der Waals surface area contributed by atoms with Crippen LogP contribution in [0.15, 0.2) is 66.9 Å². The molecule has 1 N–H and O–H groups in total. The number of carbonyl (C=O) groups excluding carboxylic acids is 2. The Bertz CT molecular complexity index is 1440. The summed E-state index contributed by atoms with van der Waals surface area (Å²) in [5, 5.41) is 18.8. The third kappa shape index (κ3) is 4.59. The molecule has 2 aromatic heterocycles. The molecule has 36 heavy (non-hydrogen) atoms. The van der Waals surface area contributed by atoms with Gasteiger partial charge >= 0.3 is 6.09 Å². The molecule has 0 radical (unpaired) electrons. The number of ether oxygens (including phenoxy) is 1. The maximum atomic E-state index is 12.8. The number of para-hydroxylation sites is 1. The molecule has 1 aliphatic rings. The van der Waals surface area contributed by atoms with Gasteiger partial charge in [-0.05, 0) is 69.3 Å². The van der Waals surface area contributed by atoms with Crippen LogP contribution in [0.3, 0.4) is 0 Å². The lowest BCUT2D eigenvalue weighted by molar-refractivity contribution is -0.121. The monoisotopic (exact) mass is 485 g/mol. The number of carbonyl (C=O) groups is 2. The molecule has 9 nitrogen and oxygen atoms in total. The Morgan fingerprint density at radius 3 is 2.39 bits per heavy atom. The minimum Gasteiger partial charge on any atom is -0.507 e. The standard InChI is InChI=1S/C27H27N5O4/c1-27(2,3)36-26(35)30-14-15-32(25(34)17-30)19-10-8-18(9-11-19)31-13-12-21-23(31)16-22(29-28-21)20-6-4-5-7-24(20)33/h4-13,16,33H,14-15,17H2,1-3H3. The van der Waals surface area contributed by atoms with Crippen molar-refractivity contribution in [1.82, 2.24) is 19.7 Å². The number of piperazine rings is 1. The second kappa shape index (κ2) is 8.99. The summed E-state index contributed by atoms with van der Waals surface area (Å²) < 4.78 is 7.38. The highest BCUT2D eigenvalue weighted by Crippen LogP contribution is 2.30. The molecule has 0 saturated carbocycles. The van der Waals surface area contributed by atoms with Crippen LogP contribution < -0.4 is 4.90 Å². The number of fused-ring (bicyclic) bond motifs is 1. The Kier molecular flexibility index (Phi) is 5.83. The zero-order chi connectivity index (χ0) is 25.4. The van der Waals surface area contributed by atoms with Crippen LogP contribution >= 0.6 is 0 Å². The van der Waals surface area contributed by atoms with Gasteiger partial charge in [0.05, 0.1) is 11.2 Å². The van der Waals surface area contributed by atoms with Crippen LogP contribution in [0.2, 0.25) is 0 Å². The topological polar surface area (TPSA) is 101 Å². The first-order valence-corrected chi connectivity index (χ1v) is 11.7. The van der Waals surface area contributed by atoms with E-state index in [0.717, 1.165) is 22.4 Å². The van der Waals surface area contributed by atoms with E-state index in [4.69, 9.17) is 4.74 Å². The summed E-state index contributed by atoms with van der Waals surface area (Å²) >= 11 is 0. The number of nitrogens with zero attached hydrogens (tertiary/aromatic N) is 5. The van der Waals surface area contributed by atoms with Crippen LogP contribution in [-0.4, -0.2) is 62.0 Å². The number of anilines is 1. The van der Waals surface area contributed by atoms with Gasteiger partial charge in [0.1, 0.15) is 23.4 Å². The first kappa shape index (κ1) is 23.3. The third-order valence-corrected chi connectivity index (χ3v) is 5.93. The summed E-state index contributed by atoms with van der Waals surface area (Å²) in [6.45, 7) is 6.18. The number of rotatable bonds is 3. The highest BCUT2D eigenvalue weighted by molar-refractivity contribution is 5.97. The normalized spacial score (nSPS) is 14.4. The van der Waals surface area contributed by atoms with E-state index in [2.05, 4.69) is 10.2 Å². The van der Waals surface area contributed by atoms with Crippen molar-refractivity contribution in [1.29, 1.82) is 0 Å². The number of hydrogen-bond acceptors (Lipinski definition) is 6. The van der Waals surface area contributed by atoms with Crippen molar-refractivity contribution < 1.29 is 19.4 Å². The van der Waals surface area contributed by atoms with E-state index in [1.54, 1.807) is 43.9 Å². The van der Waals surface area contributed by atoms with Crippen LogP contribution in [0, 0.1) is 0 Å². The smallest absolute Gasteiger partial charge is 0.410 e. The van der Waals surface area contributed by atoms with E-state index < -0.39 is 11.7 Å². The number of phenols is 1. The van der Waals surface area contributed by atoms with E-state index in [1.165, 1.54) is 4.90 Å². The Labute approximate surface area is 208 Å². The van der Waals surface area contributed by atoms with Crippen LogP contribution in [-0.2, 0) is 9.53 Å². The lowest BCUT2D eigenvalue weighted by Gasteiger charge is -2.35. The van der Waals surface area contributed by atoms with Gasteiger partial charge in [0.25, 0.3) is 0 Å². The van der Waals surface area contributed by atoms with Crippen LogP contribution in [0.5, 0.6) is 5.75 Å². The number of phenolic OH excluding ortho intramolecular Hbond substituents is 1. The number of aromatic hydroxyl groups is 1. The van der Waals surface area contributed by atoms with E-state index in [0.29, 0.717) is 24.3 Å². The number of hydrogen-bond donors (Lipinski definition) is 1. The fourth-order valence-electron chi connectivity index (χ4n) is 4.20. The highest BCUT2D eigenvalue weighted by atomic mass is 16.6. The minimum atomic E-state index is -0.608. The molecule has 1 aliphatic heterocycles. The fourth-order valence-corrected chi connectivity index (χ4v) is 4.20. The van der Waals surface area contributed by atoms with Crippen LogP contribution in [0.25, 0.3) is 28.0 Å². The Balaban J connectivity index is 1.35. The van der Waals surface area contributed by atoms with Crippen molar-refractivity contribution >= 4 is 28.7 Å². The van der Waals surface area contributed by atoms with Crippen molar-refractivity contribution in [2.75, 3.05) is 24.5 Å². The van der Waals surface area contributed by atoms with E-state index in [1.807, 2.05) is 53.2 Å². The highest BCUT2D eigenvalue weighted by Gasteiger charge is 2.30. The molecule has 0 unspecified atom stereocenters. The molecule has 1 fully saturated rings. The lowest BCUT2D eigenvalue weighted by atomic mass is 10.1. The summed E-state index contributed by atoms with van der Waals surface area (Å²) in [4.78, 5) is 28.2. The van der Waals surface area contributed by atoms with Gasteiger partial charge in [-0.2, -0.15) is 0 Å². The zero-order valence-corrected chi connectivity index (χ0v) is 20.4. The van der Waals surface area contributed by atoms with Crippen molar-refractivity contribution in [2.24, 2.45) is 0 Å². The molecule has 5 rings (SSSR count). The average molecular weight is 486 g/mol. The molecule has 184 valence electrons. The second-order valence-electron chi connectivity index (χ2n) is 9.67. The predicted octanol–water partition coefficient (Wildman–Crippen LogP) is 4.38. The molecule has 9 heteroatoms. The summed E-state index contributed by atoms with van der Waals surface area (Å²) in [5.74, 6) is -0.0149. The average Bonchev–Trinajstić information content (AvgIpc) is 3.27. The summed E-state index contributed by atoms with van der Waals surface area (Å²) in [6, 6.07) is 18.4. The number of aromatic nitrogens is 3. The molecule has 4 aromatic rings. The third-order valence-electron chi connectivity index (χ3n) is 5.93. The van der Waals surface area contributed by atoms with Crippen LogP contribution in [0.4, 0.5) is 10.5 Å². The second-order valence-corrected chi connectivity index (χ2v) is 9.67. The van der Waals surface area contributed by atoms with Gasteiger partial charge < -0.3 is 19.3 Å². The molecule has 2 aromatic carbocycles. The lowest BCUT2D eigenvalue weighted by Crippen LogP contribution is -2.53. The van der Waals surface area contributed by atoms with Gasteiger partial charge in [0.2, 0.25) is 5.91 Å². The first-order valence-electron chi connectivity index (χ1n) is 11.7. The molecule has 0 atom stereocenters. The molecule has 0 bridgehead atoms. The predicted molar refractivity (Wildman–Crippen MR) is 136 cm³/mol. The molecule has 3 heterocycles. The molecule has 0 aliphatic carbocycles. The largest absolute Gasteiger partial charge is 0.507 e. The van der Waals surface area contributed by atoms with Gasteiger partial charge in [-0.25, -0.2) is 4.79 Å². The van der Waals surface area contributed by atoms with Crippen molar-refractivity contribution in [2.45, 2.75) is 26.4 Å². The van der Waals surface area contributed by atoms with Crippen molar-refractivity contribution in [3.05, 3.63) is 66.9 Å². The molecular formula is C27H27N5O4. The quantitative estimate of drug-likeness (QED) is 0.462. The molecule has 1 saturated heterocycles. The van der Waals surface area contributed by atoms with Gasteiger partial charge in [0.15, 0.2) is 0 Å². The van der Waals surface area contributed by atoms with Gasteiger partial charge in [-0.15, -0.1) is 10.2 Å². The van der Waals surface area contributed by atoms with Crippen molar-refractivity contribution in [3.63, 3.8) is 0 Å². The van der Waals surface area contributed by atoms with Crippen LogP contribution in [0.1, 0.15) is 20.8 Å². The van der Waals surface area contributed by atoms with E-state index in [9.17, 15) is 14.7 Å². The fraction of sp³-hybridized carbons (Fsp3) is 0.259. The zero-order valence-electron chi connectivity index (χ0n) is 20.4. The molecule has 0 spiro atoms. The molecule has 2 amide bonds. The maximum absolute atomic E-state index is 12.8. The minimum absolute atomic E-state index is 0.0212. The number of benzene rings is 2. The van der Waals surface area contributed by atoms with Gasteiger partial charge in [-0.3, -0.25) is 9.69 Å². The summed E-state index contributed by atoms with van der Waals surface area (Å²) in [5.41, 5.74) is 3.81. The SMILES string of the molecule is CC(C)(C)OC(=O)N1CCN(c2ccc(-n3ccc4nnc(-c5ccccc5O)cc43)cc2)C(=O)C1. The summed E-state index contributed by atoms with van der Waals surface area (Å²) in [7, 11) is 0. The van der Waals surface area contributed by atoms with E-state index >= 15 is 0 Å². The van der Waals surface area contributed by atoms with E-state index in [-0.39, 0.29) is 18.2 Å².